The first-order chi connectivity index (χ1) is 13.1. The maximum atomic E-state index is 12.1. The Kier molecular flexibility index (Phi) is 7.24. The fourth-order valence-electron chi connectivity index (χ4n) is 3.91. The average molecular weight is 373 g/mol. The number of ketones is 1. The van der Waals surface area contributed by atoms with Gasteiger partial charge in [-0.25, -0.2) is 0 Å². The van der Waals surface area contributed by atoms with Crippen LogP contribution in [0.1, 0.15) is 26.2 Å². The standard InChI is InChI=1S/C21H32N4O2/c1-17(26)18-15-20(23-16-18)21(27)22-9-5-6-10-24-11-13-25(14-12-24)19-7-3-2-4-8-19/h2-4,7-8,18,20,23H,5-6,9-16H2,1H3,(H,22,27). The van der Waals surface area contributed by atoms with E-state index in [1.54, 1.807) is 6.92 Å². The van der Waals surface area contributed by atoms with E-state index in [0.29, 0.717) is 19.5 Å². The van der Waals surface area contributed by atoms with E-state index in [0.717, 1.165) is 45.6 Å². The van der Waals surface area contributed by atoms with E-state index < -0.39 is 0 Å². The lowest BCUT2D eigenvalue weighted by Gasteiger charge is -2.36. The summed E-state index contributed by atoms with van der Waals surface area (Å²) < 4.78 is 0. The normalized spacial score (nSPS) is 23.4. The molecule has 6 heteroatoms. The van der Waals surface area contributed by atoms with Crippen molar-refractivity contribution >= 4 is 17.4 Å². The van der Waals surface area contributed by atoms with Crippen molar-refractivity contribution in [1.29, 1.82) is 0 Å². The third-order valence-corrected chi connectivity index (χ3v) is 5.72. The SMILES string of the molecule is CC(=O)C1CNC(C(=O)NCCCCN2CCN(c3ccccc3)CC2)C1. The Balaban J connectivity index is 1.25. The zero-order chi connectivity index (χ0) is 19.1. The molecule has 2 atom stereocenters. The number of piperazine rings is 1. The van der Waals surface area contributed by atoms with E-state index >= 15 is 0 Å². The number of hydrogen-bond acceptors (Lipinski definition) is 5. The number of carbonyl (C=O) groups is 2. The molecule has 0 radical (unpaired) electrons. The fourth-order valence-corrected chi connectivity index (χ4v) is 3.91. The van der Waals surface area contributed by atoms with Gasteiger partial charge in [0.15, 0.2) is 0 Å². The van der Waals surface area contributed by atoms with Crippen LogP contribution in [0.3, 0.4) is 0 Å². The molecular weight excluding hydrogens is 340 g/mol. The van der Waals surface area contributed by atoms with Crippen molar-refractivity contribution in [2.75, 3.05) is 50.7 Å². The Morgan fingerprint density at radius 1 is 1.11 bits per heavy atom. The van der Waals surface area contributed by atoms with Crippen molar-refractivity contribution in [2.45, 2.75) is 32.2 Å². The maximum absolute atomic E-state index is 12.1. The zero-order valence-electron chi connectivity index (χ0n) is 16.3. The molecular formula is C21H32N4O2. The summed E-state index contributed by atoms with van der Waals surface area (Å²) in [5.41, 5.74) is 1.31. The minimum Gasteiger partial charge on any atom is -0.369 e. The summed E-state index contributed by atoms with van der Waals surface area (Å²) in [7, 11) is 0. The quantitative estimate of drug-likeness (QED) is 0.673. The molecule has 0 bridgehead atoms. The minimum atomic E-state index is -0.204. The van der Waals surface area contributed by atoms with Gasteiger partial charge in [-0.1, -0.05) is 18.2 Å². The van der Waals surface area contributed by atoms with Gasteiger partial charge in [-0.2, -0.15) is 0 Å². The van der Waals surface area contributed by atoms with Gasteiger partial charge in [0, 0.05) is 50.9 Å². The number of nitrogens with zero attached hydrogens (tertiary/aromatic N) is 2. The van der Waals surface area contributed by atoms with Gasteiger partial charge in [0.2, 0.25) is 5.91 Å². The second-order valence-corrected chi connectivity index (χ2v) is 7.67. The number of carbonyl (C=O) groups excluding carboxylic acids is 2. The largest absolute Gasteiger partial charge is 0.369 e. The number of rotatable bonds is 8. The molecule has 1 amide bonds. The smallest absolute Gasteiger partial charge is 0.237 e. The fraction of sp³-hybridized carbons (Fsp3) is 0.619. The molecule has 2 fully saturated rings. The second-order valence-electron chi connectivity index (χ2n) is 7.67. The van der Waals surface area contributed by atoms with Gasteiger partial charge in [0.1, 0.15) is 5.78 Å². The lowest BCUT2D eigenvalue weighted by molar-refractivity contribution is -0.123. The summed E-state index contributed by atoms with van der Waals surface area (Å²) in [4.78, 5) is 28.5. The van der Waals surface area contributed by atoms with Gasteiger partial charge in [0.05, 0.1) is 6.04 Å². The van der Waals surface area contributed by atoms with E-state index in [4.69, 9.17) is 0 Å². The van der Waals surface area contributed by atoms with E-state index in [1.165, 1.54) is 5.69 Å². The van der Waals surface area contributed by atoms with Crippen LogP contribution in [0.2, 0.25) is 0 Å². The topological polar surface area (TPSA) is 64.7 Å². The van der Waals surface area contributed by atoms with Crippen LogP contribution in [-0.2, 0) is 9.59 Å². The number of nitrogens with one attached hydrogen (secondary N) is 2. The van der Waals surface area contributed by atoms with E-state index in [1.807, 2.05) is 0 Å². The zero-order valence-corrected chi connectivity index (χ0v) is 16.3. The van der Waals surface area contributed by atoms with Gasteiger partial charge in [0.25, 0.3) is 0 Å². The number of para-hydroxylation sites is 1. The van der Waals surface area contributed by atoms with Crippen LogP contribution in [0.15, 0.2) is 30.3 Å². The lowest BCUT2D eigenvalue weighted by Crippen LogP contribution is -2.46. The van der Waals surface area contributed by atoms with Gasteiger partial charge in [-0.05, 0) is 44.9 Å². The Labute approximate surface area is 162 Å². The van der Waals surface area contributed by atoms with Crippen LogP contribution < -0.4 is 15.5 Å². The highest BCUT2D eigenvalue weighted by molar-refractivity contribution is 5.85. The molecule has 2 aliphatic heterocycles. The number of amides is 1. The number of anilines is 1. The minimum absolute atomic E-state index is 0.00435. The molecule has 1 aromatic carbocycles. The molecule has 2 saturated heterocycles. The molecule has 0 spiro atoms. The molecule has 148 valence electrons. The van der Waals surface area contributed by atoms with Gasteiger partial charge < -0.3 is 15.5 Å². The molecule has 0 aromatic heterocycles. The first-order valence-electron chi connectivity index (χ1n) is 10.2. The predicted molar refractivity (Wildman–Crippen MR) is 108 cm³/mol. The summed E-state index contributed by atoms with van der Waals surface area (Å²) in [5, 5.41) is 6.16. The molecule has 0 saturated carbocycles. The first-order valence-corrected chi connectivity index (χ1v) is 10.2. The molecule has 2 heterocycles. The van der Waals surface area contributed by atoms with Gasteiger partial charge in [-0.15, -0.1) is 0 Å². The molecule has 0 aliphatic carbocycles. The van der Waals surface area contributed by atoms with Crippen LogP contribution in [0.5, 0.6) is 0 Å². The molecule has 3 rings (SSSR count). The van der Waals surface area contributed by atoms with Crippen molar-refractivity contribution in [3.63, 3.8) is 0 Å². The van der Waals surface area contributed by atoms with Crippen LogP contribution in [0.25, 0.3) is 0 Å². The van der Waals surface area contributed by atoms with Crippen molar-refractivity contribution in [2.24, 2.45) is 5.92 Å². The van der Waals surface area contributed by atoms with Crippen molar-refractivity contribution in [3.8, 4) is 0 Å². The van der Waals surface area contributed by atoms with E-state index in [9.17, 15) is 9.59 Å². The Bertz CT molecular complexity index is 614. The Hall–Kier alpha value is -1.92. The molecule has 1 aromatic rings. The molecule has 2 N–H and O–H groups in total. The van der Waals surface area contributed by atoms with Crippen LogP contribution in [0, 0.1) is 5.92 Å². The van der Waals surface area contributed by atoms with Gasteiger partial charge >= 0.3 is 0 Å². The number of hydrogen-bond donors (Lipinski definition) is 2. The molecule has 2 unspecified atom stereocenters. The number of unbranched alkanes of at least 4 members (excludes halogenated alkanes) is 1. The Morgan fingerprint density at radius 2 is 1.85 bits per heavy atom. The summed E-state index contributed by atoms with van der Waals surface area (Å²) >= 11 is 0. The monoisotopic (exact) mass is 372 g/mol. The van der Waals surface area contributed by atoms with Crippen LogP contribution in [0.4, 0.5) is 5.69 Å². The van der Waals surface area contributed by atoms with Crippen LogP contribution in [-0.4, -0.2) is 68.4 Å². The summed E-state index contributed by atoms with van der Waals surface area (Å²) in [6, 6.07) is 10.4. The van der Waals surface area contributed by atoms with E-state index in [2.05, 4.69) is 50.8 Å². The summed E-state index contributed by atoms with van der Waals surface area (Å²) in [5.74, 6) is 0.204. The molecule has 6 nitrogen and oxygen atoms in total. The van der Waals surface area contributed by atoms with Crippen molar-refractivity contribution in [1.82, 2.24) is 15.5 Å². The highest BCUT2D eigenvalue weighted by Crippen LogP contribution is 2.16. The molecule has 27 heavy (non-hydrogen) atoms. The number of Topliss-reactive ketones (excluding diaryl/α,β-unsaturated/α-hetero) is 1. The van der Waals surface area contributed by atoms with E-state index in [-0.39, 0.29) is 23.7 Å². The highest BCUT2D eigenvalue weighted by atomic mass is 16.2. The third-order valence-electron chi connectivity index (χ3n) is 5.72. The average Bonchev–Trinajstić information content (AvgIpc) is 3.19. The highest BCUT2D eigenvalue weighted by Gasteiger charge is 2.31. The molecule has 2 aliphatic rings. The van der Waals surface area contributed by atoms with Crippen molar-refractivity contribution < 1.29 is 9.59 Å². The number of benzene rings is 1. The Morgan fingerprint density at radius 3 is 2.52 bits per heavy atom. The predicted octanol–water partition coefficient (Wildman–Crippen LogP) is 1.27. The summed E-state index contributed by atoms with van der Waals surface area (Å²) in [6.45, 7) is 8.38. The van der Waals surface area contributed by atoms with Gasteiger partial charge in [-0.3, -0.25) is 14.5 Å². The second kappa shape index (κ2) is 9.85. The lowest BCUT2D eigenvalue weighted by atomic mass is 10.0. The third kappa shape index (κ3) is 5.78. The first kappa shape index (κ1) is 19.8. The summed E-state index contributed by atoms with van der Waals surface area (Å²) in [6.07, 6.45) is 2.72. The van der Waals surface area contributed by atoms with Crippen molar-refractivity contribution in [3.05, 3.63) is 30.3 Å². The van der Waals surface area contributed by atoms with Crippen LogP contribution >= 0.6 is 0 Å². The maximum Gasteiger partial charge on any atom is 0.237 e.